The van der Waals surface area contributed by atoms with Gasteiger partial charge in [0.25, 0.3) is 0 Å². The van der Waals surface area contributed by atoms with Gasteiger partial charge in [0, 0.05) is 29.1 Å². The van der Waals surface area contributed by atoms with E-state index in [-0.39, 0.29) is 30.6 Å². The number of anilines is 1. The van der Waals surface area contributed by atoms with Gasteiger partial charge in [0.1, 0.15) is 24.1 Å². The van der Waals surface area contributed by atoms with E-state index in [4.69, 9.17) is 27.9 Å². The minimum Gasteiger partial charge on any atom is -0.457 e. The van der Waals surface area contributed by atoms with Crippen molar-refractivity contribution in [2.75, 3.05) is 17.1 Å². The van der Waals surface area contributed by atoms with E-state index >= 15 is 0 Å². The van der Waals surface area contributed by atoms with Crippen LogP contribution in [0.5, 0.6) is 11.5 Å². The Bertz CT molecular complexity index is 1720. The number of hydrogen-bond donors (Lipinski definition) is 1. The van der Waals surface area contributed by atoms with Gasteiger partial charge in [-0.15, -0.1) is 0 Å². The van der Waals surface area contributed by atoms with Crippen molar-refractivity contribution in [2.45, 2.75) is 45.3 Å². The third-order valence-electron chi connectivity index (χ3n) is 7.41. The predicted molar refractivity (Wildman–Crippen MR) is 184 cm³/mol. The van der Waals surface area contributed by atoms with Gasteiger partial charge in [0.15, 0.2) is 0 Å². The SMILES string of the molecule is CCC(C)NC(=O)C(Cc1ccccc1)N(Cc1ccc(Cl)cc1Cl)C(=O)CN(c1ccc(Oc2ccccc2)cc1)S(C)(=O)=O. The molecule has 0 fully saturated rings. The van der Waals surface area contributed by atoms with Crippen LogP contribution >= 0.6 is 23.2 Å². The molecule has 242 valence electrons. The van der Waals surface area contributed by atoms with Gasteiger partial charge in [-0.05, 0) is 73.0 Å². The van der Waals surface area contributed by atoms with E-state index in [1.54, 1.807) is 54.6 Å². The zero-order valence-corrected chi connectivity index (χ0v) is 28.2. The average Bonchev–Trinajstić information content (AvgIpc) is 3.03. The van der Waals surface area contributed by atoms with Crippen molar-refractivity contribution in [3.63, 3.8) is 0 Å². The van der Waals surface area contributed by atoms with Crippen molar-refractivity contribution in [1.82, 2.24) is 10.2 Å². The molecule has 0 aromatic heterocycles. The summed E-state index contributed by atoms with van der Waals surface area (Å²) in [7, 11) is -3.93. The summed E-state index contributed by atoms with van der Waals surface area (Å²) in [5, 5.41) is 3.74. The fourth-order valence-corrected chi connectivity index (χ4v) is 6.07. The first-order valence-corrected chi connectivity index (χ1v) is 17.4. The Hall–Kier alpha value is -4.05. The highest BCUT2D eigenvalue weighted by Crippen LogP contribution is 2.27. The van der Waals surface area contributed by atoms with E-state index in [9.17, 15) is 18.0 Å². The number of sulfonamides is 1. The van der Waals surface area contributed by atoms with Crippen LogP contribution in [0.4, 0.5) is 5.69 Å². The number of carbonyl (C=O) groups excluding carboxylic acids is 2. The number of nitrogens with zero attached hydrogens (tertiary/aromatic N) is 2. The summed E-state index contributed by atoms with van der Waals surface area (Å²) >= 11 is 12.7. The standard InChI is InChI=1S/C35H37Cl2N3O5S/c1-4-25(2)38-35(42)33(21-26-11-7-5-8-12-26)39(23-27-15-16-28(36)22-32(27)37)34(41)24-40(46(3,43)44)29-17-19-31(20-18-29)45-30-13-9-6-10-14-30/h5-20,22,25,33H,4,21,23-24H2,1-3H3,(H,38,42). The molecule has 4 aromatic rings. The molecule has 4 aromatic carbocycles. The van der Waals surface area contributed by atoms with Crippen LogP contribution in [-0.2, 0) is 32.6 Å². The van der Waals surface area contributed by atoms with Crippen LogP contribution < -0.4 is 14.4 Å². The lowest BCUT2D eigenvalue weighted by atomic mass is 10.0. The summed E-state index contributed by atoms with van der Waals surface area (Å²) in [6.07, 6.45) is 1.92. The van der Waals surface area contributed by atoms with Crippen molar-refractivity contribution >= 4 is 50.7 Å². The summed E-state index contributed by atoms with van der Waals surface area (Å²) in [6.45, 7) is 3.23. The van der Waals surface area contributed by atoms with Gasteiger partial charge in [-0.3, -0.25) is 13.9 Å². The fourth-order valence-electron chi connectivity index (χ4n) is 4.75. The van der Waals surface area contributed by atoms with Crippen LogP contribution in [0, 0.1) is 0 Å². The lowest BCUT2D eigenvalue weighted by Gasteiger charge is -2.34. The molecule has 0 saturated carbocycles. The number of para-hydroxylation sites is 1. The molecule has 2 atom stereocenters. The van der Waals surface area contributed by atoms with Crippen molar-refractivity contribution in [3.8, 4) is 11.5 Å². The van der Waals surface area contributed by atoms with E-state index in [0.29, 0.717) is 33.5 Å². The number of nitrogens with one attached hydrogen (secondary N) is 1. The van der Waals surface area contributed by atoms with Gasteiger partial charge < -0.3 is 15.0 Å². The van der Waals surface area contributed by atoms with E-state index in [0.717, 1.165) is 16.1 Å². The van der Waals surface area contributed by atoms with E-state index in [1.165, 1.54) is 4.90 Å². The largest absolute Gasteiger partial charge is 0.457 e. The van der Waals surface area contributed by atoms with Crippen molar-refractivity contribution in [2.24, 2.45) is 0 Å². The fraction of sp³-hybridized carbons (Fsp3) is 0.257. The van der Waals surface area contributed by atoms with Crippen molar-refractivity contribution in [1.29, 1.82) is 0 Å². The molecular weight excluding hydrogens is 645 g/mol. The molecule has 0 aliphatic carbocycles. The molecule has 2 unspecified atom stereocenters. The molecule has 0 saturated heterocycles. The number of rotatable bonds is 14. The first-order valence-electron chi connectivity index (χ1n) is 14.8. The van der Waals surface area contributed by atoms with Crippen LogP contribution in [0.25, 0.3) is 0 Å². The molecule has 1 N–H and O–H groups in total. The molecule has 0 aliphatic heterocycles. The highest BCUT2D eigenvalue weighted by molar-refractivity contribution is 7.92. The first-order chi connectivity index (χ1) is 21.9. The smallest absolute Gasteiger partial charge is 0.244 e. The maximum absolute atomic E-state index is 14.3. The maximum Gasteiger partial charge on any atom is 0.244 e. The third-order valence-corrected chi connectivity index (χ3v) is 9.14. The van der Waals surface area contributed by atoms with Crippen LogP contribution in [0.15, 0.2) is 103 Å². The Morgan fingerprint density at radius 3 is 2.07 bits per heavy atom. The quantitative estimate of drug-likeness (QED) is 0.153. The first kappa shape index (κ1) is 34.8. The van der Waals surface area contributed by atoms with Gasteiger partial charge in [0.05, 0.1) is 11.9 Å². The van der Waals surface area contributed by atoms with Crippen LogP contribution in [0.2, 0.25) is 10.0 Å². The Kier molecular flexibility index (Phi) is 12.1. The number of benzene rings is 4. The Labute approximate surface area is 280 Å². The van der Waals surface area contributed by atoms with Crippen LogP contribution in [-0.4, -0.2) is 50.0 Å². The Balaban J connectivity index is 1.70. The van der Waals surface area contributed by atoms with Crippen LogP contribution in [0.1, 0.15) is 31.4 Å². The second kappa shape index (κ2) is 16.0. The van der Waals surface area contributed by atoms with E-state index in [2.05, 4.69) is 5.32 Å². The molecule has 0 bridgehead atoms. The number of hydrogen-bond acceptors (Lipinski definition) is 5. The minimum atomic E-state index is -3.93. The topological polar surface area (TPSA) is 96.0 Å². The van der Waals surface area contributed by atoms with Crippen molar-refractivity contribution < 1.29 is 22.7 Å². The third kappa shape index (κ3) is 9.72. The second-order valence-electron chi connectivity index (χ2n) is 11.0. The van der Waals surface area contributed by atoms with Crippen molar-refractivity contribution in [3.05, 3.63) is 124 Å². The maximum atomic E-state index is 14.3. The van der Waals surface area contributed by atoms with E-state index < -0.39 is 28.5 Å². The molecule has 2 amide bonds. The molecule has 0 radical (unpaired) electrons. The minimum absolute atomic E-state index is 0.0539. The number of carbonyl (C=O) groups is 2. The lowest BCUT2D eigenvalue weighted by Crippen LogP contribution is -2.54. The summed E-state index contributed by atoms with van der Waals surface area (Å²) in [6, 6.07) is 28.7. The molecule has 8 nitrogen and oxygen atoms in total. The molecule has 0 heterocycles. The van der Waals surface area contributed by atoms with Gasteiger partial charge in [-0.1, -0.05) is 84.7 Å². The Morgan fingerprint density at radius 2 is 1.48 bits per heavy atom. The Morgan fingerprint density at radius 1 is 0.870 bits per heavy atom. The average molecular weight is 683 g/mol. The van der Waals surface area contributed by atoms with Crippen LogP contribution in [0.3, 0.4) is 0 Å². The predicted octanol–water partition coefficient (Wildman–Crippen LogP) is 7.11. The second-order valence-corrected chi connectivity index (χ2v) is 13.7. The van der Waals surface area contributed by atoms with E-state index in [1.807, 2.05) is 62.4 Å². The lowest BCUT2D eigenvalue weighted by molar-refractivity contribution is -0.140. The molecule has 4 rings (SSSR count). The number of ether oxygens (including phenoxy) is 1. The van der Waals surface area contributed by atoms with Gasteiger partial charge >= 0.3 is 0 Å². The van der Waals surface area contributed by atoms with Gasteiger partial charge in [-0.25, -0.2) is 8.42 Å². The summed E-state index contributed by atoms with van der Waals surface area (Å²) < 4.78 is 33.1. The molecule has 0 aliphatic rings. The normalized spacial score (nSPS) is 12.5. The zero-order valence-electron chi connectivity index (χ0n) is 25.9. The number of amides is 2. The number of halogens is 2. The molecule has 46 heavy (non-hydrogen) atoms. The summed E-state index contributed by atoms with van der Waals surface area (Å²) in [4.78, 5) is 29.5. The highest BCUT2D eigenvalue weighted by atomic mass is 35.5. The zero-order chi connectivity index (χ0) is 33.3. The molecule has 0 spiro atoms. The molecule has 11 heteroatoms. The highest BCUT2D eigenvalue weighted by Gasteiger charge is 2.33. The van der Waals surface area contributed by atoms with Gasteiger partial charge in [-0.2, -0.15) is 0 Å². The summed E-state index contributed by atoms with van der Waals surface area (Å²) in [5.74, 6) is 0.187. The molecular formula is C35H37Cl2N3O5S. The monoisotopic (exact) mass is 681 g/mol. The summed E-state index contributed by atoms with van der Waals surface area (Å²) in [5.41, 5.74) is 1.66. The van der Waals surface area contributed by atoms with Gasteiger partial charge in [0.2, 0.25) is 21.8 Å².